The van der Waals surface area contributed by atoms with Gasteiger partial charge >= 0.3 is 6.03 Å². The Bertz CT molecular complexity index is 1070. The number of imidazole rings is 1. The van der Waals surface area contributed by atoms with E-state index in [1.807, 2.05) is 34.4 Å². The highest BCUT2D eigenvalue weighted by Crippen LogP contribution is 2.41. The summed E-state index contributed by atoms with van der Waals surface area (Å²) in [5, 5.41) is 3.64. The molecule has 2 aromatic carbocycles. The number of urea groups is 1. The molecule has 4 N–H and O–H groups in total. The van der Waals surface area contributed by atoms with Crippen LogP contribution in [0.4, 0.5) is 10.5 Å². The number of nitrogens with zero attached hydrogens (tertiary/aromatic N) is 2. The van der Waals surface area contributed by atoms with E-state index in [0.29, 0.717) is 34.6 Å². The molecule has 4 rings (SSSR count). The van der Waals surface area contributed by atoms with Crippen LogP contribution in [0.3, 0.4) is 0 Å². The molecule has 3 aromatic rings. The predicted molar refractivity (Wildman–Crippen MR) is 125 cm³/mol. The van der Waals surface area contributed by atoms with Crippen molar-refractivity contribution >= 4 is 46.7 Å². The summed E-state index contributed by atoms with van der Waals surface area (Å²) in [6.45, 7) is 0.816. The van der Waals surface area contributed by atoms with Gasteiger partial charge in [-0.15, -0.1) is 11.8 Å². The van der Waals surface area contributed by atoms with Gasteiger partial charge in [0.25, 0.3) is 0 Å². The van der Waals surface area contributed by atoms with Gasteiger partial charge in [-0.3, -0.25) is 5.43 Å². The molecule has 2 heterocycles. The lowest BCUT2D eigenvalue weighted by Crippen LogP contribution is -2.34. The second-order valence-electron chi connectivity index (χ2n) is 7.10. The Morgan fingerprint density at radius 1 is 1.28 bits per heavy atom. The first kappa shape index (κ1) is 22.9. The van der Waals surface area contributed by atoms with Gasteiger partial charge in [0.1, 0.15) is 0 Å². The third-order valence-electron chi connectivity index (χ3n) is 4.83. The Hall–Kier alpha value is -2.27. The first-order valence-corrected chi connectivity index (χ1v) is 11.4. The lowest BCUT2D eigenvalue weighted by molar-refractivity contribution is -0.184. The number of hydrogen-bond acceptors (Lipinski definition) is 6. The highest BCUT2D eigenvalue weighted by molar-refractivity contribution is 7.99. The number of rotatable bonds is 7. The molecule has 1 fully saturated rings. The Morgan fingerprint density at radius 2 is 2.09 bits per heavy atom. The summed E-state index contributed by atoms with van der Waals surface area (Å²) >= 11 is 14.2. The zero-order valence-corrected chi connectivity index (χ0v) is 19.2. The SMILES string of the molecule is NNC(=O)Nc1ccc(SC[C@@H]2CO[C@@](Cn3ccnc3)(c3ccc(Cl)cc3Cl)O2)cc1. The summed E-state index contributed by atoms with van der Waals surface area (Å²) in [5.74, 6) is 4.71. The number of nitrogens with one attached hydrogen (secondary N) is 2. The summed E-state index contributed by atoms with van der Waals surface area (Å²) in [6, 6.07) is 12.3. The molecule has 0 aliphatic carbocycles. The number of amides is 2. The summed E-state index contributed by atoms with van der Waals surface area (Å²) < 4.78 is 14.6. The van der Waals surface area contributed by atoms with Crippen LogP contribution < -0.4 is 16.6 Å². The standard InChI is InChI=1S/C21H21Cl2N5O3S/c22-14-1-6-18(19(23)9-14)21(12-28-8-7-25-13-28)30-10-16(31-21)11-32-17-4-2-15(3-5-17)26-20(29)27-24/h1-9,13,16H,10-12,24H2,(H2,26,27,29)/t16-,21+/m0/s1. The number of aromatic nitrogens is 2. The maximum atomic E-state index is 11.3. The van der Waals surface area contributed by atoms with Crippen molar-refractivity contribution < 1.29 is 14.3 Å². The zero-order valence-electron chi connectivity index (χ0n) is 16.8. The number of carbonyl (C=O) groups is 1. The van der Waals surface area contributed by atoms with Crippen LogP contribution in [0.25, 0.3) is 0 Å². The van der Waals surface area contributed by atoms with Gasteiger partial charge in [0, 0.05) is 39.3 Å². The second-order valence-corrected chi connectivity index (χ2v) is 9.03. The number of anilines is 1. The van der Waals surface area contributed by atoms with Gasteiger partial charge < -0.3 is 19.4 Å². The molecule has 1 aliphatic heterocycles. The highest BCUT2D eigenvalue weighted by Gasteiger charge is 2.45. The molecule has 0 bridgehead atoms. The summed E-state index contributed by atoms with van der Waals surface area (Å²) in [6.07, 6.45) is 5.10. The van der Waals surface area contributed by atoms with Crippen LogP contribution in [0.5, 0.6) is 0 Å². The molecule has 0 radical (unpaired) electrons. The van der Waals surface area contributed by atoms with E-state index in [9.17, 15) is 4.79 Å². The van der Waals surface area contributed by atoms with Crippen molar-refractivity contribution in [2.75, 3.05) is 17.7 Å². The second kappa shape index (κ2) is 10.1. The van der Waals surface area contributed by atoms with Crippen molar-refractivity contribution in [3.8, 4) is 0 Å². The molecule has 0 saturated carbocycles. The molecule has 168 valence electrons. The van der Waals surface area contributed by atoms with E-state index in [2.05, 4.69) is 10.3 Å². The lowest BCUT2D eigenvalue weighted by atomic mass is 10.1. The number of nitrogens with two attached hydrogens (primary N) is 1. The number of thioether (sulfide) groups is 1. The zero-order chi connectivity index (χ0) is 22.6. The topological polar surface area (TPSA) is 103 Å². The van der Waals surface area contributed by atoms with Crippen molar-refractivity contribution in [3.63, 3.8) is 0 Å². The fraction of sp³-hybridized carbons (Fsp3) is 0.238. The molecule has 0 spiro atoms. The minimum atomic E-state index is -1.04. The van der Waals surface area contributed by atoms with E-state index >= 15 is 0 Å². The van der Waals surface area contributed by atoms with Crippen molar-refractivity contribution in [3.05, 3.63) is 76.8 Å². The first-order chi connectivity index (χ1) is 15.5. The third kappa shape index (κ3) is 5.37. The Balaban J connectivity index is 1.45. The Morgan fingerprint density at radius 3 is 2.78 bits per heavy atom. The molecule has 8 nitrogen and oxygen atoms in total. The molecular weight excluding hydrogens is 473 g/mol. The molecule has 1 aromatic heterocycles. The number of ether oxygens (including phenoxy) is 2. The van der Waals surface area contributed by atoms with Crippen LogP contribution in [0.2, 0.25) is 10.0 Å². The molecular formula is C21H21Cl2N5O3S. The molecule has 32 heavy (non-hydrogen) atoms. The third-order valence-corrected chi connectivity index (χ3v) is 6.52. The van der Waals surface area contributed by atoms with Crippen molar-refractivity contribution in [2.45, 2.75) is 23.3 Å². The van der Waals surface area contributed by atoms with Crippen LogP contribution in [0.1, 0.15) is 5.56 Å². The van der Waals surface area contributed by atoms with Crippen molar-refractivity contribution in [1.82, 2.24) is 15.0 Å². The Labute approximate surface area is 199 Å². The normalized spacial score (nSPS) is 20.3. The van der Waals surface area contributed by atoms with Crippen molar-refractivity contribution in [2.24, 2.45) is 5.84 Å². The smallest absolute Gasteiger partial charge is 0.333 e. The lowest BCUT2D eigenvalue weighted by Gasteiger charge is -2.30. The van der Waals surface area contributed by atoms with E-state index in [1.54, 1.807) is 48.6 Å². The number of carbonyl (C=O) groups excluding carboxylic acids is 1. The summed E-state index contributed by atoms with van der Waals surface area (Å²) in [4.78, 5) is 16.4. The van der Waals surface area contributed by atoms with Crippen LogP contribution >= 0.6 is 35.0 Å². The van der Waals surface area contributed by atoms with Crippen LogP contribution in [-0.2, 0) is 21.8 Å². The molecule has 1 aliphatic rings. The van der Waals surface area contributed by atoms with Gasteiger partial charge in [0.2, 0.25) is 5.79 Å². The number of halogens is 2. The minimum absolute atomic E-state index is 0.156. The first-order valence-electron chi connectivity index (χ1n) is 9.71. The summed E-state index contributed by atoms with van der Waals surface area (Å²) in [5.41, 5.74) is 3.39. The fourth-order valence-corrected chi connectivity index (χ4v) is 4.79. The predicted octanol–water partition coefficient (Wildman–Crippen LogP) is 4.25. The molecule has 0 unspecified atom stereocenters. The number of benzene rings is 2. The summed E-state index contributed by atoms with van der Waals surface area (Å²) in [7, 11) is 0. The molecule has 11 heteroatoms. The van der Waals surface area contributed by atoms with E-state index in [0.717, 1.165) is 10.5 Å². The van der Waals surface area contributed by atoms with Gasteiger partial charge in [-0.05, 0) is 36.4 Å². The van der Waals surface area contributed by atoms with Gasteiger partial charge in [0.05, 0.1) is 30.6 Å². The highest BCUT2D eigenvalue weighted by atomic mass is 35.5. The number of hydrogen-bond donors (Lipinski definition) is 3. The monoisotopic (exact) mass is 493 g/mol. The van der Waals surface area contributed by atoms with E-state index in [4.69, 9.17) is 38.5 Å². The molecule has 2 amide bonds. The van der Waals surface area contributed by atoms with E-state index < -0.39 is 11.8 Å². The average molecular weight is 494 g/mol. The van der Waals surface area contributed by atoms with Crippen LogP contribution in [0.15, 0.2) is 66.1 Å². The number of hydrazine groups is 1. The van der Waals surface area contributed by atoms with Gasteiger partial charge in [-0.1, -0.05) is 29.3 Å². The van der Waals surface area contributed by atoms with E-state index in [-0.39, 0.29) is 6.10 Å². The quantitative estimate of drug-likeness (QED) is 0.197. The molecule has 1 saturated heterocycles. The largest absolute Gasteiger partial charge is 0.342 e. The fourth-order valence-electron chi connectivity index (χ4n) is 3.37. The Kier molecular flexibility index (Phi) is 7.24. The average Bonchev–Trinajstić information content (AvgIpc) is 3.44. The van der Waals surface area contributed by atoms with Gasteiger partial charge in [-0.2, -0.15) is 0 Å². The molecule has 2 atom stereocenters. The van der Waals surface area contributed by atoms with Gasteiger partial charge in [-0.25, -0.2) is 15.6 Å². The maximum Gasteiger partial charge on any atom is 0.333 e. The maximum absolute atomic E-state index is 11.3. The minimum Gasteiger partial charge on any atom is -0.342 e. The van der Waals surface area contributed by atoms with E-state index in [1.165, 1.54) is 0 Å². The van der Waals surface area contributed by atoms with Crippen LogP contribution in [-0.4, -0.2) is 34.0 Å². The van der Waals surface area contributed by atoms with Gasteiger partial charge in [0.15, 0.2) is 0 Å². The van der Waals surface area contributed by atoms with Crippen LogP contribution in [0, 0.1) is 0 Å². The van der Waals surface area contributed by atoms with Crippen molar-refractivity contribution in [1.29, 1.82) is 0 Å².